The number of carbonyl (C=O) groups excluding carboxylic acids is 1. The summed E-state index contributed by atoms with van der Waals surface area (Å²) in [6.07, 6.45) is 3.85. The van der Waals surface area contributed by atoms with Crippen LogP contribution in [0.15, 0.2) is 30.7 Å². The monoisotopic (exact) mass is 240 g/mol. The Hall–Kier alpha value is -1.32. The Kier molecular flexibility index (Phi) is 2.75. The fourth-order valence-corrected chi connectivity index (χ4v) is 1.48. The molecular weight excluding hydrogens is 235 g/mol. The van der Waals surface area contributed by atoms with Crippen molar-refractivity contribution in [3.63, 3.8) is 0 Å². The third-order valence-electron chi connectivity index (χ3n) is 1.92. The molecule has 1 aromatic carbocycles. The lowest BCUT2D eigenvalue weighted by atomic mass is 10.3. The summed E-state index contributed by atoms with van der Waals surface area (Å²) < 4.78 is 1.70. The van der Waals surface area contributed by atoms with Crippen LogP contribution in [0, 0.1) is 0 Å². The molecule has 0 N–H and O–H groups in total. The first-order valence-electron chi connectivity index (χ1n) is 4.15. The van der Waals surface area contributed by atoms with Gasteiger partial charge in [-0.25, -0.2) is 4.98 Å². The molecule has 1 heterocycles. The number of nitrogens with zero attached hydrogens (tertiary/aromatic N) is 2. The highest BCUT2D eigenvalue weighted by molar-refractivity contribution is 6.42. The van der Waals surface area contributed by atoms with Gasteiger partial charge in [0, 0.05) is 11.9 Å². The van der Waals surface area contributed by atoms with Crippen molar-refractivity contribution >= 4 is 29.5 Å². The van der Waals surface area contributed by atoms with Crippen molar-refractivity contribution in [3.05, 3.63) is 46.5 Å². The molecule has 2 rings (SSSR count). The summed E-state index contributed by atoms with van der Waals surface area (Å²) in [5, 5.41) is 0.965. The summed E-state index contributed by atoms with van der Waals surface area (Å²) in [5.74, 6) is 0. The van der Waals surface area contributed by atoms with Crippen molar-refractivity contribution in [2.24, 2.45) is 0 Å². The first kappa shape index (κ1) is 10.2. The molecule has 0 saturated carbocycles. The van der Waals surface area contributed by atoms with E-state index in [9.17, 15) is 4.79 Å². The van der Waals surface area contributed by atoms with Gasteiger partial charge in [0.1, 0.15) is 12.0 Å². The molecule has 0 radical (unpaired) electrons. The third kappa shape index (κ3) is 2.03. The van der Waals surface area contributed by atoms with Gasteiger partial charge in [0.05, 0.1) is 10.0 Å². The van der Waals surface area contributed by atoms with Crippen molar-refractivity contribution in [2.45, 2.75) is 0 Å². The molecule has 15 heavy (non-hydrogen) atoms. The van der Waals surface area contributed by atoms with Gasteiger partial charge >= 0.3 is 0 Å². The largest absolute Gasteiger partial charge is 0.306 e. The van der Waals surface area contributed by atoms with Gasteiger partial charge in [0.25, 0.3) is 0 Å². The number of halogens is 2. The lowest BCUT2D eigenvalue weighted by Gasteiger charge is -2.02. The molecule has 0 bridgehead atoms. The third-order valence-corrected chi connectivity index (χ3v) is 2.66. The molecular formula is C10H6Cl2N2O. The van der Waals surface area contributed by atoms with Gasteiger partial charge in [-0.2, -0.15) is 0 Å². The molecule has 0 aliphatic heterocycles. The number of aldehydes is 1. The summed E-state index contributed by atoms with van der Waals surface area (Å²) in [6, 6.07) is 5.20. The molecule has 0 spiro atoms. The fraction of sp³-hybridized carbons (Fsp3) is 0. The second-order valence-electron chi connectivity index (χ2n) is 2.92. The van der Waals surface area contributed by atoms with Crippen LogP contribution in [0.5, 0.6) is 0 Å². The zero-order valence-electron chi connectivity index (χ0n) is 7.52. The molecule has 76 valence electrons. The van der Waals surface area contributed by atoms with E-state index in [-0.39, 0.29) is 0 Å². The van der Waals surface area contributed by atoms with E-state index in [0.29, 0.717) is 22.0 Å². The number of carbonyl (C=O) groups is 1. The molecule has 3 nitrogen and oxygen atoms in total. The van der Waals surface area contributed by atoms with Crippen LogP contribution in [0.1, 0.15) is 10.5 Å². The quantitative estimate of drug-likeness (QED) is 0.757. The van der Waals surface area contributed by atoms with E-state index in [0.717, 1.165) is 5.69 Å². The SMILES string of the molecule is O=Cc1cn(-c2ccc(Cl)c(Cl)c2)cn1. The Labute approximate surface area is 96.3 Å². The zero-order chi connectivity index (χ0) is 10.8. The number of benzene rings is 1. The standard InChI is InChI=1S/C10H6Cl2N2O/c11-9-2-1-8(3-10(9)12)14-4-7(5-15)13-6-14/h1-6H. The molecule has 0 fully saturated rings. The summed E-state index contributed by atoms with van der Waals surface area (Å²) >= 11 is 11.7. The van der Waals surface area contributed by atoms with E-state index in [2.05, 4.69) is 4.98 Å². The molecule has 0 atom stereocenters. The van der Waals surface area contributed by atoms with Crippen LogP contribution in [-0.4, -0.2) is 15.8 Å². The smallest absolute Gasteiger partial charge is 0.170 e. The number of rotatable bonds is 2. The molecule has 5 heteroatoms. The number of hydrogen-bond acceptors (Lipinski definition) is 2. The number of imidazole rings is 1. The normalized spacial score (nSPS) is 10.3. The predicted octanol–water partition coefficient (Wildman–Crippen LogP) is 2.99. The average molecular weight is 241 g/mol. The van der Waals surface area contributed by atoms with Gasteiger partial charge in [-0.05, 0) is 18.2 Å². The van der Waals surface area contributed by atoms with Crippen molar-refractivity contribution in [1.29, 1.82) is 0 Å². The highest BCUT2D eigenvalue weighted by Crippen LogP contribution is 2.24. The Morgan fingerprint density at radius 2 is 2.07 bits per heavy atom. The minimum atomic E-state index is 0.376. The summed E-state index contributed by atoms with van der Waals surface area (Å²) in [7, 11) is 0. The maximum absolute atomic E-state index is 10.4. The molecule has 0 unspecified atom stereocenters. The Balaban J connectivity index is 2.44. The topological polar surface area (TPSA) is 34.9 Å². The van der Waals surface area contributed by atoms with E-state index in [1.807, 2.05) is 0 Å². The fourth-order valence-electron chi connectivity index (χ4n) is 1.19. The van der Waals surface area contributed by atoms with Crippen LogP contribution in [0.3, 0.4) is 0 Å². The highest BCUT2D eigenvalue weighted by atomic mass is 35.5. The van der Waals surface area contributed by atoms with Gasteiger partial charge in [-0.15, -0.1) is 0 Å². The van der Waals surface area contributed by atoms with Gasteiger partial charge in [0.15, 0.2) is 6.29 Å². The van der Waals surface area contributed by atoms with Crippen molar-refractivity contribution < 1.29 is 4.79 Å². The number of aromatic nitrogens is 2. The summed E-state index contributed by atoms with van der Waals surface area (Å²) in [4.78, 5) is 14.3. The van der Waals surface area contributed by atoms with Gasteiger partial charge < -0.3 is 4.57 Å². The molecule has 0 aliphatic rings. The van der Waals surface area contributed by atoms with Gasteiger partial charge in [-0.1, -0.05) is 23.2 Å². The van der Waals surface area contributed by atoms with E-state index in [1.54, 1.807) is 35.3 Å². The molecule has 0 amide bonds. The summed E-state index contributed by atoms with van der Waals surface area (Å²) in [6.45, 7) is 0. The maximum atomic E-state index is 10.4. The lowest BCUT2D eigenvalue weighted by molar-refractivity contribution is 0.111. The van der Waals surface area contributed by atoms with Crippen LogP contribution in [0.4, 0.5) is 0 Å². The Morgan fingerprint density at radius 3 is 2.67 bits per heavy atom. The average Bonchev–Trinajstić information content (AvgIpc) is 2.70. The van der Waals surface area contributed by atoms with E-state index < -0.39 is 0 Å². The zero-order valence-corrected chi connectivity index (χ0v) is 9.03. The van der Waals surface area contributed by atoms with E-state index >= 15 is 0 Å². The van der Waals surface area contributed by atoms with E-state index in [4.69, 9.17) is 23.2 Å². The second-order valence-corrected chi connectivity index (χ2v) is 3.74. The first-order valence-corrected chi connectivity index (χ1v) is 4.91. The van der Waals surface area contributed by atoms with Crippen LogP contribution in [0.2, 0.25) is 10.0 Å². The highest BCUT2D eigenvalue weighted by Gasteiger charge is 2.02. The van der Waals surface area contributed by atoms with Crippen molar-refractivity contribution in [2.75, 3.05) is 0 Å². The maximum Gasteiger partial charge on any atom is 0.170 e. The van der Waals surface area contributed by atoms with Gasteiger partial charge in [0.2, 0.25) is 0 Å². The lowest BCUT2D eigenvalue weighted by Crippen LogP contribution is -1.89. The molecule has 0 saturated heterocycles. The molecule has 0 aliphatic carbocycles. The predicted molar refractivity (Wildman–Crippen MR) is 59.0 cm³/mol. The van der Waals surface area contributed by atoms with Crippen LogP contribution >= 0.6 is 23.2 Å². The molecule has 1 aromatic heterocycles. The second kappa shape index (κ2) is 4.04. The Bertz CT molecular complexity index is 508. The van der Waals surface area contributed by atoms with Crippen LogP contribution in [-0.2, 0) is 0 Å². The minimum absolute atomic E-state index is 0.376. The Morgan fingerprint density at radius 1 is 1.27 bits per heavy atom. The molecule has 2 aromatic rings. The van der Waals surface area contributed by atoms with E-state index in [1.165, 1.54) is 0 Å². The van der Waals surface area contributed by atoms with Crippen molar-refractivity contribution in [1.82, 2.24) is 9.55 Å². The number of hydrogen-bond donors (Lipinski definition) is 0. The van der Waals surface area contributed by atoms with Crippen molar-refractivity contribution in [3.8, 4) is 5.69 Å². The van der Waals surface area contributed by atoms with Crippen LogP contribution < -0.4 is 0 Å². The van der Waals surface area contributed by atoms with Crippen LogP contribution in [0.25, 0.3) is 5.69 Å². The first-order chi connectivity index (χ1) is 7.20. The minimum Gasteiger partial charge on any atom is -0.306 e. The summed E-state index contributed by atoms with van der Waals surface area (Å²) in [5.41, 5.74) is 1.19. The van der Waals surface area contributed by atoms with Gasteiger partial charge in [-0.3, -0.25) is 4.79 Å².